The number of aromatic nitrogens is 3. The fourth-order valence-corrected chi connectivity index (χ4v) is 7.18. The molecule has 0 spiro atoms. The molecule has 44 heavy (non-hydrogen) atoms. The van der Waals surface area contributed by atoms with Gasteiger partial charge < -0.3 is 21.3 Å². The summed E-state index contributed by atoms with van der Waals surface area (Å²) in [6.45, 7) is 4.21. The Balaban J connectivity index is 1.41. The van der Waals surface area contributed by atoms with Gasteiger partial charge in [-0.1, -0.05) is 13.8 Å². The van der Waals surface area contributed by atoms with Crippen molar-refractivity contribution in [2.45, 2.75) is 56.0 Å². The lowest BCUT2D eigenvalue weighted by molar-refractivity contribution is 0.248. The van der Waals surface area contributed by atoms with E-state index in [1.54, 1.807) is 49.2 Å². The zero-order valence-corrected chi connectivity index (χ0v) is 26.0. The molecule has 0 aliphatic heterocycles. The number of fused-ring (bicyclic) bond motifs is 3. The second kappa shape index (κ2) is 12.4. The average Bonchev–Trinajstić information content (AvgIpc) is 3.80. The maximum Gasteiger partial charge on any atom is 0.319 e. The van der Waals surface area contributed by atoms with Crippen LogP contribution in [0.1, 0.15) is 67.9 Å². The third-order valence-corrected chi connectivity index (χ3v) is 9.37. The van der Waals surface area contributed by atoms with Crippen molar-refractivity contribution in [3.8, 4) is 0 Å². The highest BCUT2D eigenvalue weighted by atomic mass is 32.2. The number of sulfonamides is 1. The number of urea groups is 1. The summed E-state index contributed by atoms with van der Waals surface area (Å²) in [5, 5.41) is 14.1. The van der Waals surface area contributed by atoms with Gasteiger partial charge in [0.2, 0.25) is 10.0 Å². The van der Waals surface area contributed by atoms with Gasteiger partial charge in [0.25, 0.3) is 0 Å². The molecular formula is C31H34N8O3S2. The number of hydrogen-bond acceptors (Lipinski definition) is 7. The van der Waals surface area contributed by atoms with E-state index >= 15 is 0 Å². The number of hydrogen-bond donors (Lipinski definition) is 5. The summed E-state index contributed by atoms with van der Waals surface area (Å²) in [5.41, 5.74) is 3.69. The third kappa shape index (κ3) is 6.64. The van der Waals surface area contributed by atoms with Crippen molar-refractivity contribution in [3.05, 3.63) is 84.2 Å². The fourth-order valence-electron chi connectivity index (χ4n) is 5.47. The van der Waals surface area contributed by atoms with Crippen molar-refractivity contribution in [1.82, 2.24) is 30.3 Å². The number of benzene rings is 1. The zero-order chi connectivity index (χ0) is 30.8. The monoisotopic (exact) mass is 630 g/mol. The minimum atomic E-state index is -3.89. The number of thiocarbonyl (C=S) groups is 1. The van der Waals surface area contributed by atoms with Gasteiger partial charge in [0, 0.05) is 47.5 Å². The Kier molecular flexibility index (Phi) is 8.43. The average molecular weight is 631 g/mol. The summed E-state index contributed by atoms with van der Waals surface area (Å²) in [7, 11) is -3.89. The lowest BCUT2D eigenvalue weighted by Gasteiger charge is -2.20. The van der Waals surface area contributed by atoms with Crippen molar-refractivity contribution >= 4 is 55.5 Å². The summed E-state index contributed by atoms with van der Waals surface area (Å²) in [5.74, 6) is 0.462. The quantitative estimate of drug-likeness (QED) is 0.159. The van der Waals surface area contributed by atoms with E-state index in [2.05, 4.69) is 36.0 Å². The molecular weight excluding hydrogens is 597 g/mol. The maximum absolute atomic E-state index is 13.8. The molecule has 0 bridgehead atoms. The van der Waals surface area contributed by atoms with E-state index in [4.69, 9.17) is 17.2 Å². The molecule has 0 saturated heterocycles. The standard InChI is InChI=1S/C31H34N8O3S2/c1-18(2)14-35-44(41,42)28-12-23-26(38-30(40)36-20-5-3-9-32-15-20)13-27(39-31(43)37-21-6-4-10-33-16-21)29(23)24-17-34-25(11-22(24)28)19-7-8-19/h3-6,9-12,15-19,26-27,35H,7-8,13-14H2,1-2H3,(H2,36,38,40)(H2,37,39,43)/t26-,27-/m1/s1. The molecule has 11 nitrogen and oxygen atoms in total. The Morgan fingerprint density at radius 1 is 0.955 bits per heavy atom. The van der Waals surface area contributed by atoms with Crippen LogP contribution in [0.5, 0.6) is 0 Å². The van der Waals surface area contributed by atoms with E-state index in [0.29, 0.717) is 46.0 Å². The molecule has 3 aromatic heterocycles. The first kappa shape index (κ1) is 29.9. The van der Waals surface area contributed by atoms with Crippen LogP contribution in [-0.2, 0) is 10.0 Å². The van der Waals surface area contributed by atoms with Gasteiger partial charge in [-0.2, -0.15) is 0 Å². The Morgan fingerprint density at radius 2 is 1.66 bits per heavy atom. The Bertz CT molecular complexity index is 1800. The van der Waals surface area contributed by atoms with Crippen LogP contribution in [0.4, 0.5) is 16.2 Å². The molecule has 2 atom stereocenters. The first-order valence-electron chi connectivity index (χ1n) is 14.6. The predicted molar refractivity (Wildman–Crippen MR) is 174 cm³/mol. The van der Waals surface area contributed by atoms with Crippen LogP contribution < -0.4 is 26.0 Å². The van der Waals surface area contributed by atoms with Crippen molar-refractivity contribution in [2.24, 2.45) is 5.92 Å². The zero-order valence-electron chi connectivity index (χ0n) is 24.4. The molecule has 2 aliphatic rings. The molecule has 6 rings (SSSR count). The van der Waals surface area contributed by atoms with Crippen molar-refractivity contribution in [1.29, 1.82) is 0 Å². The lowest BCUT2D eigenvalue weighted by Crippen LogP contribution is -2.34. The van der Waals surface area contributed by atoms with Crippen LogP contribution in [-0.4, -0.2) is 41.1 Å². The molecule has 2 amide bonds. The van der Waals surface area contributed by atoms with Gasteiger partial charge >= 0.3 is 6.03 Å². The second-order valence-corrected chi connectivity index (χ2v) is 13.7. The summed E-state index contributed by atoms with van der Waals surface area (Å²) in [6.07, 6.45) is 10.8. The normalized spacial score (nSPS) is 17.7. The van der Waals surface area contributed by atoms with E-state index < -0.39 is 22.1 Å². The maximum atomic E-state index is 13.8. The van der Waals surface area contributed by atoms with Crippen LogP contribution in [0, 0.1) is 5.92 Å². The fraction of sp³-hybridized carbons (Fsp3) is 0.323. The Hall–Kier alpha value is -4.20. The first-order valence-corrected chi connectivity index (χ1v) is 16.5. The molecule has 1 aromatic carbocycles. The number of amides is 2. The van der Waals surface area contributed by atoms with Crippen molar-refractivity contribution in [3.63, 3.8) is 0 Å². The summed E-state index contributed by atoms with van der Waals surface area (Å²) >= 11 is 5.67. The van der Waals surface area contributed by atoms with E-state index in [1.165, 1.54) is 0 Å². The molecule has 1 saturated carbocycles. The summed E-state index contributed by atoms with van der Waals surface area (Å²) < 4.78 is 30.4. The minimum absolute atomic E-state index is 0.127. The van der Waals surface area contributed by atoms with Gasteiger partial charge in [0.05, 0.1) is 40.7 Å². The van der Waals surface area contributed by atoms with E-state index in [1.807, 2.05) is 32.0 Å². The van der Waals surface area contributed by atoms with Crippen LogP contribution in [0.2, 0.25) is 0 Å². The largest absolute Gasteiger partial charge is 0.356 e. The van der Waals surface area contributed by atoms with Crippen LogP contribution >= 0.6 is 12.2 Å². The molecule has 4 aromatic rings. The smallest absolute Gasteiger partial charge is 0.319 e. The number of pyridine rings is 3. The Morgan fingerprint density at radius 3 is 2.30 bits per heavy atom. The van der Waals surface area contributed by atoms with Crippen molar-refractivity contribution in [2.75, 3.05) is 17.2 Å². The lowest BCUT2D eigenvalue weighted by atomic mass is 9.98. The summed E-state index contributed by atoms with van der Waals surface area (Å²) in [6, 6.07) is 9.45. The number of rotatable bonds is 9. The highest BCUT2D eigenvalue weighted by Gasteiger charge is 2.37. The van der Waals surface area contributed by atoms with Gasteiger partial charge in [-0.25, -0.2) is 17.9 Å². The minimum Gasteiger partial charge on any atom is -0.356 e. The highest BCUT2D eigenvalue weighted by molar-refractivity contribution is 7.89. The molecule has 1 fully saturated rings. The van der Waals surface area contributed by atoms with Gasteiger partial charge in [-0.05, 0) is 84.9 Å². The number of nitrogens with zero attached hydrogens (tertiary/aromatic N) is 3. The number of carbonyl (C=O) groups excluding carboxylic acids is 1. The predicted octanol–water partition coefficient (Wildman–Crippen LogP) is 5.13. The summed E-state index contributed by atoms with van der Waals surface area (Å²) in [4.78, 5) is 26.3. The van der Waals surface area contributed by atoms with Crippen LogP contribution in [0.3, 0.4) is 0 Å². The number of anilines is 2. The number of nitrogens with one attached hydrogen (secondary N) is 5. The van der Waals surface area contributed by atoms with Gasteiger partial charge in [0.1, 0.15) is 0 Å². The topological polar surface area (TPSA) is 150 Å². The third-order valence-electron chi connectivity index (χ3n) is 7.69. The van der Waals surface area contributed by atoms with Crippen molar-refractivity contribution < 1.29 is 13.2 Å². The molecule has 228 valence electrons. The van der Waals surface area contributed by atoms with Crippen LogP contribution in [0.25, 0.3) is 10.8 Å². The molecule has 3 heterocycles. The molecule has 0 radical (unpaired) electrons. The highest BCUT2D eigenvalue weighted by Crippen LogP contribution is 2.46. The van der Waals surface area contributed by atoms with E-state index in [0.717, 1.165) is 29.8 Å². The molecule has 5 N–H and O–H groups in total. The Labute approximate surface area is 261 Å². The SMILES string of the molecule is CC(C)CNS(=O)(=O)c1cc2c(c3cnc(C4CC4)cc13)[C@H](NC(=S)Nc1cccnc1)C[C@H]2NC(=O)Nc1cccnc1. The van der Waals surface area contributed by atoms with Gasteiger partial charge in [-0.15, -0.1) is 0 Å². The second-order valence-electron chi connectivity index (χ2n) is 11.6. The van der Waals surface area contributed by atoms with Gasteiger partial charge in [-0.3, -0.25) is 15.0 Å². The molecule has 0 unspecified atom stereocenters. The molecule has 13 heteroatoms. The molecule has 2 aliphatic carbocycles. The first-order chi connectivity index (χ1) is 21.2. The number of carbonyl (C=O) groups is 1. The van der Waals surface area contributed by atoms with Gasteiger partial charge in [0.15, 0.2) is 5.11 Å². The van der Waals surface area contributed by atoms with Crippen LogP contribution in [0.15, 0.2) is 72.3 Å². The van der Waals surface area contributed by atoms with E-state index in [9.17, 15) is 13.2 Å². The van der Waals surface area contributed by atoms with E-state index in [-0.39, 0.29) is 16.9 Å².